The highest BCUT2D eigenvalue weighted by Gasteiger charge is 2.64. The third-order valence-electron chi connectivity index (χ3n) is 7.19. The highest BCUT2D eigenvalue weighted by molar-refractivity contribution is 7.93. The Balaban J connectivity index is 1.37. The molecule has 3 aromatic rings. The van der Waals surface area contributed by atoms with Crippen molar-refractivity contribution >= 4 is 38.1 Å². The zero-order valence-corrected chi connectivity index (χ0v) is 19.3. The predicted molar refractivity (Wildman–Crippen MR) is 126 cm³/mol. The molecular weight excluding hydrogens is 459 g/mol. The van der Waals surface area contributed by atoms with Crippen molar-refractivity contribution in [3.05, 3.63) is 48.0 Å². The third kappa shape index (κ3) is 2.85. The van der Waals surface area contributed by atoms with Crippen LogP contribution in [0.25, 0.3) is 10.9 Å². The van der Waals surface area contributed by atoms with Crippen molar-refractivity contribution in [2.24, 2.45) is 16.6 Å². The molecule has 4 heterocycles. The molecule has 1 fully saturated rings. The number of ether oxygens (including phenoxy) is 1. The summed E-state index contributed by atoms with van der Waals surface area (Å²) < 4.78 is 44.4. The van der Waals surface area contributed by atoms with Crippen LogP contribution in [0.15, 0.2) is 41.8 Å². The van der Waals surface area contributed by atoms with Gasteiger partial charge in [0, 0.05) is 29.3 Å². The first kappa shape index (κ1) is 21.2. The molecule has 1 spiro atoms. The summed E-state index contributed by atoms with van der Waals surface area (Å²) in [6, 6.07) is 5.52. The van der Waals surface area contributed by atoms with Gasteiger partial charge < -0.3 is 15.8 Å². The van der Waals surface area contributed by atoms with Gasteiger partial charge in [-0.05, 0) is 37.0 Å². The van der Waals surface area contributed by atoms with Crippen LogP contribution in [0.5, 0.6) is 5.75 Å². The summed E-state index contributed by atoms with van der Waals surface area (Å²) in [5.74, 6) is 0.491. The van der Waals surface area contributed by atoms with Crippen LogP contribution >= 0.6 is 0 Å². The van der Waals surface area contributed by atoms with Crippen LogP contribution in [-0.2, 0) is 21.8 Å². The van der Waals surface area contributed by atoms with Crippen molar-refractivity contribution < 1.29 is 17.5 Å². The number of alkyl halides is 1. The van der Waals surface area contributed by atoms with Crippen LogP contribution in [0.1, 0.15) is 24.1 Å². The van der Waals surface area contributed by atoms with E-state index in [2.05, 4.69) is 25.3 Å². The average molecular weight is 483 g/mol. The van der Waals surface area contributed by atoms with Gasteiger partial charge in [-0.2, -0.15) is 0 Å². The molecule has 2 aliphatic carbocycles. The maximum absolute atomic E-state index is 14.1. The predicted octanol–water partition coefficient (Wildman–Crippen LogP) is 2.43. The van der Waals surface area contributed by atoms with Gasteiger partial charge in [-0.1, -0.05) is 0 Å². The highest BCUT2D eigenvalue weighted by atomic mass is 32.2. The number of aliphatic imine (C=N–C) groups is 1. The second-order valence-corrected chi connectivity index (χ2v) is 11.5. The van der Waals surface area contributed by atoms with Crippen molar-refractivity contribution in [1.82, 2.24) is 15.0 Å². The molecule has 0 aromatic carbocycles. The van der Waals surface area contributed by atoms with E-state index in [-0.39, 0.29) is 17.5 Å². The molecule has 0 bridgehead atoms. The van der Waals surface area contributed by atoms with Crippen LogP contribution < -0.4 is 15.8 Å². The molecule has 0 radical (unpaired) electrons. The fourth-order valence-corrected chi connectivity index (χ4v) is 7.69. The van der Waals surface area contributed by atoms with Gasteiger partial charge in [-0.15, -0.1) is 0 Å². The standard InChI is InChI=1S/C23H23FN6O3S/c1-33-16-6-13-4-5-26-20(19(13)28-10-16)29-15-7-17-18(27-9-15)8-22(17)12-34(31,32)23(11-24,14-2-3-14)21(25)30-22/h4-7,9-10,14H,2-3,8,11-12H2,1H3,(H2,25,30)(H,26,29)/t22-,23-/m0/s1. The summed E-state index contributed by atoms with van der Waals surface area (Å²) in [4.78, 5) is 17.9. The molecule has 1 saturated carbocycles. The number of methoxy groups -OCH3 is 1. The Labute approximate surface area is 195 Å². The Hall–Kier alpha value is -3.34. The molecular formula is C23H23FN6O3S. The van der Waals surface area contributed by atoms with Gasteiger partial charge in [0.05, 0.1) is 30.9 Å². The van der Waals surface area contributed by atoms with Gasteiger partial charge in [0.2, 0.25) is 0 Å². The summed E-state index contributed by atoms with van der Waals surface area (Å²) in [6.45, 7) is -1.04. The fourth-order valence-electron chi connectivity index (χ4n) is 5.21. The number of rotatable bonds is 5. The summed E-state index contributed by atoms with van der Waals surface area (Å²) >= 11 is 0. The largest absolute Gasteiger partial charge is 0.495 e. The van der Waals surface area contributed by atoms with Gasteiger partial charge in [-0.3, -0.25) is 9.98 Å². The number of hydrogen-bond donors (Lipinski definition) is 2. The molecule has 0 saturated heterocycles. The Kier molecular flexibility index (Phi) is 4.42. The van der Waals surface area contributed by atoms with Gasteiger partial charge in [0.1, 0.15) is 29.3 Å². The number of sulfone groups is 1. The minimum Gasteiger partial charge on any atom is -0.495 e. The molecule has 11 heteroatoms. The molecule has 0 unspecified atom stereocenters. The zero-order chi connectivity index (χ0) is 23.7. The molecule has 1 aliphatic heterocycles. The van der Waals surface area contributed by atoms with E-state index in [1.807, 2.05) is 18.2 Å². The van der Waals surface area contributed by atoms with E-state index < -0.39 is 26.8 Å². The maximum Gasteiger partial charge on any atom is 0.168 e. The second kappa shape index (κ2) is 7.08. The molecule has 9 nitrogen and oxygen atoms in total. The van der Waals surface area contributed by atoms with Crippen LogP contribution in [0.3, 0.4) is 0 Å². The number of nitrogens with zero attached hydrogens (tertiary/aromatic N) is 4. The molecule has 0 amide bonds. The molecule has 176 valence electrons. The minimum absolute atomic E-state index is 0.110. The fraction of sp³-hybridized carbons (Fsp3) is 0.391. The third-order valence-corrected chi connectivity index (χ3v) is 9.81. The first-order chi connectivity index (χ1) is 16.3. The summed E-state index contributed by atoms with van der Waals surface area (Å²) in [5, 5.41) is 4.08. The monoisotopic (exact) mass is 482 g/mol. The van der Waals surface area contributed by atoms with Gasteiger partial charge >= 0.3 is 0 Å². The maximum atomic E-state index is 14.1. The highest BCUT2D eigenvalue weighted by Crippen LogP contribution is 2.53. The second-order valence-electron chi connectivity index (χ2n) is 9.21. The van der Waals surface area contributed by atoms with E-state index >= 15 is 0 Å². The number of aromatic nitrogens is 3. The van der Waals surface area contributed by atoms with Crippen molar-refractivity contribution in [2.45, 2.75) is 29.5 Å². The number of nitrogens with one attached hydrogen (secondary N) is 1. The number of amidine groups is 1. The van der Waals surface area contributed by atoms with Crippen molar-refractivity contribution in [1.29, 1.82) is 0 Å². The van der Waals surface area contributed by atoms with Crippen LogP contribution in [-0.4, -0.2) is 53.5 Å². The molecule has 34 heavy (non-hydrogen) atoms. The summed E-state index contributed by atoms with van der Waals surface area (Å²) in [7, 11) is -2.27. The van der Waals surface area contributed by atoms with E-state index in [1.165, 1.54) is 0 Å². The lowest BCUT2D eigenvalue weighted by molar-refractivity contribution is 0.361. The molecule has 6 rings (SSSR count). The molecule has 3 N–H and O–H groups in total. The number of anilines is 2. The normalized spacial score (nSPS) is 27.1. The first-order valence-electron chi connectivity index (χ1n) is 11.0. The smallest absolute Gasteiger partial charge is 0.168 e. The summed E-state index contributed by atoms with van der Waals surface area (Å²) in [6.07, 6.45) is 6.59. The van der Waals surface area contributed by atoms with Crippen LogP contribution in [0.2, 0.25) is 0 Å². The van der Waals surface area contributed by atoms with Gasteiger partial charge in [0.15, 0.2) is 20.4 Å². The van der Waals surface area contributed by atoms with Crippen molar-refractivity contribution in [3.63, 3.8) is 0 Å². The van der Waals surface area contributed by atoms with E-state index in [0.29, 0.717) is 47.6 Å². The van der Waals surface area contributed by atoms with E-state index in [4.69, 9.17) is 10.5 Å². The van der Waals surface area contributed by atoms with E-state index in [9.17, 15) is 12.8 Å². The number of hydrogen-bond acceptors (Lipinski definition) is 9. The van der Waals surface area contributed by atoms with Crippen molar-refractivity contribution in [2.75, 3.05) is 24.9 Å². The molecule has 2 atom stereocenters. The summed E-state index contributed by atoms with van der Waals surface area (Å²) in [5.41, 5.74) is 7.87. The van der Waals surface area contributed by atoms with Gasteiger partial charge in [0.25, 0.3) is 0 Å². The SMILES string of the molecule is COc1cnc2c(Nc3cnc4c(c3)[C@]3(C4)CS(=O)(=O)[C@@](CF)(C4CC4)C(N)=N3)nccc2c1. The van der Waals surface area contributed by atoms with Gasteiger partial charge in [-0.25, -0.2) is 22.8 Å². The Morgan fingerprint density at radius 1 is 1.24 bits per heavy atom. The van der Waals surface area contributed by atoms with Crippen LogP contribution in [0, 0.1) is 5.92 Å². The lowest BCUT2D eigenvalue weighted by Crippen LogP contribution is -2.63. The topological polar surface area (TPSA) is 132 Å². The quantitative estimate of drug-likeness (QED) is 0.567. The Morgan fingerprint density at radius 2 is 2.06 bits per heavy atom. The Bertz CT molecular complexity index is 1470. The lowest BCUT2D eigenvalue weighted by atomic mass is 9.74. The van der Waals surface area contributed by atoms with Crippen molar-refractivity contribution in [3.8, 4) is 5.75 Å². The number of pyridine rings is 3. The number of nitrogens with two attached hydrogens (primary N) is 1. The van der Waals surface area contributed by atoms with E-state index in [0.717, 1.165) is 11.1 Å². The Morgan fingerprint density at radius 3 is 2.76 bits per heavy atom. The van der Waals surface area contributed by atoms with E-state index in [1.54, 1.807) is 25.7 Å². The average Bonchev–Trinajstić information content (AvgIpc) is 3.65. The first-order valence-corrected chi connectivity index (χ1v) is 12.7. The number of halogens is 1. The molecule has 3 aliphatic rings. The number of fused-ring (bicyclic) bond motifs is 3. The minimum atomic E-state index is -3.85. The lowest BCUT2D eigenvalue weighted by Gasteiger charge is -2.47. The van der Waals surface area contributed by atoms with Crippen LogP contribution in [0.4, 0.5) is 15.9 Å². The zero-order valence-electron chi connectivity index (χ0n) is 18.5. The molecule has 3 aromatic heterocycles.